The van der Waals surface area contributed by atoms with Gasteiger partial charge < -0.3 is 9.78 Å². The van der Waals surface area contributed by atoms with E-state index in [1.165, 1.54) is 0 Å². The van der Waals surface area contributed by atoms with E-state index in [4.69, 9.17) is 0 Å². The van der Waals surface area contributed by atoms with Crippen LogP contribution in [0.5, 0.6) is 0 Å². The summed E-state index contributed by atoms with van der Waals surface area (Å²) >= 11 is 0. The summed E-state index contributed by atoms with van der Waals surface area (Å²) in [5.74, 6) is -0.0226. The maximum absolute atomic E-state index is 11.6. The zero-order valence-corrected chi connectivity index (χ0v) is 10.4. The number of aromatic nitrogens is 1. The normalized spacial score (nSPS) is 9.14. The Morgan fingerprint density at radius 3 is 2.64 bits per heavy atom. The molecule has 0 aliphatic carbocycles. The molecular weight excluding hydrogens is 251 g/mol. The molecule has 2 aromatic rings. The van der Waals surface area contributed by atoms with Gasteiger partial charge in [-0.3, -0.25) is 0 Å². The third-order valence-electron chi connectivity index (χ3n) is 1.80. The van der Waals surface area contributed by atoms with Crippen LogP contribution in [0.25, 0.3) is 0 Å². The predicted octanol–water partition coefficient (Wildman–Crippen LogP) is 2.04. The van der Waals surface area contributed by atoms with E-state index >= 15 is 0 Å². The smallest absolute Gasteiger partial charge is 0.124 e. The summed E-state index contributed by atoms with van der Waals surface area (Å²) in [6.07, 6.45) is 1.73. The van der Waals surface area contributed by atoms with Crippen molar-refractivity contribution in [3.8, 4) is 0 Å². The molecule has 0 aliphatic heterocycles. The summed E-state index contributed by atoms with van der Waals surface area (Å²) in [5.41, 5.74) is 1.19. The molecule has 14 heavy (non-hydrogen) atoms. The molecular formula is C11H8NOY-. The van der Waals surface area contributed by atoms with E-state index in [-0.39, 0.29) is 38.5 Å². The van der Waals surface area contributed by atoms with Crippen molar-refractivity contribution in [2.75, 3.05) is 0 Å². The summed E-state index contributed by atoms with van der Waals surface area (Å²) in [4.78, 5) is 14.5. The van der Waals surface area contributed by atoms with Gasteiger partial charge in [-0.15, -0.1) is 35.9 Å². The van der Waals surface area contributed by atoms with Gasteiger partial charge in [-0.25, -0.2) is 0 Å². The first-order chi connectivity index (χ1) is 6.38. The Morgan fingerprint density at radius 2 is 2.07 bits per heavy atom. The summed E-state index contributed by atoms with van der Waals surface area (Å²) in [6, 6.07) is 13.6. The zero-order chi connectivity index (χ0) is 9.10. The number of H-pyrrole nitrogens is 1. The summed E-state index contributed by atoms with van der Waals surface area (Å²) in [5, 5.41) is 0. The van der Waals surface area contributed by atoms with Crippen LogP contribution in [-0.2, 0) is 32.7 Å². The second-order valence-corrected chi connectivity index (χ2v) is 2.69. The quantitative estimate of drug-likeness (QED) is 0.649. The third-order valence-corrected chi connectivity index (χ3v) is 1.80. The largest absolute Gasteiger partial charge is 0.366 e. The van der Waals surface area contributed by atoms with E-state index in [0.717, 1.165) is 0 Å². The number of carbonyl (C=O) groups is 1. The average Bonchev–Trinajstić information content (AvgIpc) is 2.71. The maximum atomic E-state index is 11.6. The second-order valence-electron chi connectivity index (χ2n) is 2.69. The Balaban J connectivity index is 0.000000980. The van der Waals surface area contributed by atoms with Crippen LogP contribution in [0.2, 0.25) is 0 Å². The van der Waals surface area contributed by atoms with E-state index in [1.54, 1.807) is 30.5 Å². The number of rotatable bonds is 2. The Labute approximate surface area is 108 Å². The van der Waals surface area contributed by atoms with Crippen molar-refractivity contribution in [3.05, 3.63) is 59.9 Å². The second kappa shape index (κ2) is 5.23. The maximum Gasteiger partial charge on any atom is 0.124 e. The number of benzene rings is 1. The molecule has 0 unspecified atom stereocenters. The number of hydrogen-bond donors (Lipinski definition) is 1. The van der Waals surface area contributed by atoms with Crippen molar-refractivity contribution in [2.24, 2.45) is 0 Å². The number of aromatic amines is 1. The molecule has 1 aromatic heterocycles. The van der Waals surface area contributed by atoms with Gasteiger partial charge in [-0.1, -0.05) is 0 Å². The molecule has 2 rings (SSSR count). The van der Waals surface area contributed by atoms with Gasteiger partial charge in [-0.05, 0) is 12.1 Å². The van der Waals surface area contributed by atoms with E-state index in [1.807, 2.05) is 12.1 Å². The van der Waals surface area contributed by atoms with Gasteiger partial charge in [0.2, 0.25) is 0 Å². The fraction of sp³-hybridized carbons (Fsp3) is 0. The van der Waals surface area contributed by atoms with Crippen LogP contribution in [0.4, 0.5) is 0 Å². The SMILES string of the molecule is O=C(c1[c-]cccc1)c1ccc[nH]1.[Y]. The minimum atomic E-state index is -0.0226. The van der Waals surface area contributed by atoms with Gasteiger partial charge in [0.05, 0.1) is 0 Å². The molecule has 0 aliphatic rings. The van der Waals surface area contributed by atoms with Crippen molar-refractivity contribution < 1.29 is 37.5 Å². The average molecular weight is 259 g/mol. The molecule has 3 heteroatoms. The van der Waals surface area contributed by atoms with Crippen LogP contribution in [0.3, 0.4) is 0 Å². The number of ketones is 1. The molecule has 0 fully saturated rings. The number of carbonyl (C=O) groups excluding carboxylic acids is 1. The van der Waals surface area contributed by atoms with E-state index in [9.17, 15) is 4.79 Å². The number of hydrogen-bond acceptors (Lipinski definition) is 1. The number of nitrogens with one attached hydrogen (secondary N) is 1. The van der Waals surface area contributed by atoms with Gasteiger partial charge in [0.25, 0.3) is 0 Å². The van der Waals surface area contributed by atoms with Crippen molar-refractivity contribution in [1.29, 1.82) is 0 Å². The van der Waals surface area contributed by atoms with E-state index in [2.05, 4.69) is 11.1 Å². The molecule has 1 N–H and O–H groups in total. The molecule has 67 valence electrons. The standard InChI is InChI=1S/C11H8NO.Y/c13-11(10-7-4-8-12-10)9-5-2-1-3-6-9;/h1-5,7-8,12H;/q-1;. The van der Waals surface area contributed by atoms with E-state index in [0.29, 0.717) is 11.3 Å². The summed E-state index contributed by atoms with van der Waals surface area (Å²) in [7, 11) is 0. The fourth-order valence-electron chi connectivity index (χ4n) is 1.15. The molecule has 2 nitrogen and oxygen atoms in total. The van der Waals surface area contributed by atoms with Gasteiger partial charge in [0, 0.05) is 44.6 Å². The van der Waals surface area contributed by atoms with Crippen LogP contribution in [-0.4, -0.2) is 10.8 Å². The monoisotopic (exact) mass is 259 g/mol. The Morgan fingerprint density at radius 1 is 1.21 bits per heavy atom. The van der Waals surface area contributed by atoms with Crippen LogP contribution < -0.4 is 0 Å². The first-order valence-electron chi connectivity index (χ1n) is 4.03. The molecule has 1 radical (unpaired) electrons. The first kappa shape index (κ1) is 11.3. The van der Waals surface area contributed by atoms with E-state index < -0.39 is 0 Å². The zero-order valence-electron chi connectivity index (χ0n) is 7.53. The fourth-order valence-corrected chi connectivity index (χ4v) is 1.15. The van der Waals surface area contributed by atoms with Crippen LogP contribution in [0.15, 0.2) is 42.6 Å². The molecule has 0 spiro atoms. The molecule has 1 heterocycles. The van der Waals surface area contributed by atoms with Gasteiger partial charge in [0.1, 0.15) is 5.78 Å². The van der Waals surface area contributed by atoms with Gasteiger partial charge in [0.15, 0.2) is 0 Å². The van der Waals surface area contributed by atoms with Crippen LogP contribution in [0.1, 0.15) is 16.1 Å². The van der Waals surface area contributed by atoms with Crippen molar-refractivity contribution in [1.82, 2.24) is 4.98 Å². The molecule has 0 saturated heterocycles. The predicted molar refractivity (Wildman–Crippen MR) is 49.5 cm³/mol. The third kappa shape index (κ3) is 2.40. The van der Waals surface area contributed by atoms with Crippen LogP contribution in [0, 0.1) is 6.07 Å². The molecule has 1 aromatic carbocycles. The first-order valence-corrected chi connectivity index (χ1v) is 4.03. The molecule has 0 bridgehead atoms. The van der Waals surface area contributed by atoms with Gasteiger partial charge in [-0.2, -0.15) is 0 Å². The summed E-state index contributed by atoms with van der Waals surface area (Å²) < 4.78 is 0. The van der Waals surface area contributed by atoms with Crippen molar-refractivity contribution in [3.63, 3.8) is 0 Å². The van der Waals surface area contributed by atoms with Gasteiger partial charge >= 0.3 is 0 Å². The Hall–Kier alpha value is -0.726. The Bertz CT molecular complexity index is 394. The van der Waals surface area contributed by atoms with Crippen molar-refractivity contribution in [2.45, 2.75) is 0 Å². The molecule has 0 atom stereocenters. The topological polar surface area (TPSA) is 32.9 Å². The minimum absolute atomic E-state index is 0. The molecule has 0 amide bonds. The Kier molecular flexibility index (Phi) is 4.24. The van der Waals surface area contributed by atoms with Crippen molar-refractivity contribution >= 4 is 5.78 Å². The minimum Gasteiger partial charge on any atom is -0.366 e. The van der Waals surface area contributed by atoms with Crippen LogP contribution >= 0.6 is 0 Å². The summed E-state index contributed by atoms with van der Waals surface area (Å²) in [6.45, 7) is 0. The molecule has 0 saturated carbocycles.